The minimum atomic E-state index is 0.0683. The van der Waals surface area contributed by atoms with Crippen LogP contribution in [0.3, 0.4) is 0 Å². The summed E-state index contributed by atoms with van der Waals surface area (Å²) in [7, 11) is 4.27. The van der Waals surface area contributed by atoms with Crippen molar-refractivity contribution >= 4 is 21.6 Å². The molecule has 1 aliphatic rings. The monoisotopic (exact) mass is 354 g/mol. The van der Waals surface area contributed by atoms with Crippen LogP contribution in [0.5, 0.6) is 0 Å². The number of hydrogen-bond donors (Lipinski definition) is 0. The van der Waals surface area contributed by atoms with Crippen molar-refractivity contribution in [2.45, 2.75) is 12.6 Å². The predicted octanol–water partition coefficient (Wildman–Crippen LogP) is 2.37. The predicted molar refractivity (Wildman–Crippen MR) is 103 cm³/mol. The number of piperazine rings is 1. The van der Waals surface area contributed by atoms with Crippen LogP contribution in [-0.4, -0.2) is 59.1 Å². The van der Waals surface area contributed by atoms with Gasteiger partial charge in [-0.2, -0.15) is 0 Å². The van der Waals surface area contributed by atoms with Gasteiger partial charge in [0.1, 0.15) is 4.70 Å². The van der Waals surface area contributed by atoms with E-state index in [4.69, 9.17) is 0 Å². The number of likely N-dealkylation sites (N-methyl/N-ethyl adjacent to an activating group) is 2. The highest BCUT2D eigenvalue weighted by molar-refractivity contribution is 7.22. The number of benzene rings is 1. The first kappa shape index (κ1) is 16.4. The molecule has 3 aromatic rings. The zero-order valence-corrected chi connectivity index (χ0v) is 15.4. The second-order valence-corrected chi connectivity index (χ2v) is 7.84. The summed E-state index contributed by atoms with van der Waals surface area (Å²) in [5, 5.41) is 0. The van der Waals surface area contributed by atoms with E-state index in [-0.39, 0.29) is 5.56 Å². The number of aromatic nitrogens is 2. The summed E-state index contributed by atoms with van der Waals surface area (Å²) in [6, 6.07) is 12.5. The van der Waals surface area contributed by atoms with Crippen LogP contribution in [0.4, 0.5) is 0 Å². The Morgan fingerprint density at radius 3 is 2.80 bits per heavy atom. The quantitative estimate of drug-likeness (QED) is 0.724. The van der Waals surface area contributed by atoms with Gasteiger partial charge in [0.15, 0.2) is 0 Å². The summed E-state index contributed by atoms with van der Waals surface area (Å²) in [6.07, 6.45) is 1.70. The molecular weight excluding hydrogens is 332 g/mol. The molecule has 0 amide bonds. The van der Waals surface area contributed by atoms with Crippen LogP contribution in [-0.2, 0) is 6.54 Å². The molecule has 130 valence electrons. The molecule has 0 saturated carbocycles. The van der Waals surface area contributed by atoms with Gasteiger partial charge < -0.3 is 4.90 Å². The molecule has 0 spiro atoms. The molecule has 1 aromatic carbocycles. The molecule has 0 radical (unpaired) electrons. The van der Waals surface area contributed by atoms with E-state index in [0.717, 1.165) is 40.3 Å². The molecule has 4 rings (SSSR count). The van der Waals surface area contributed by atoms with Crippen LogP contribution < -0.4 is 5.56 Å². The zero-order valence-electron chi connectivity index (χ0n) is 14.6. The van der Waals surface area contributed by atoms with Crippen LogP contribution in [0, 0.1) is 0 Å². The Hall–Kier alpha value is -2.02. The maximum Gasteiger partial charge on any atom is 0.271 e. The molecule has 0 bridgehead atoms. The number of thiophene rings is 1. The van der Waals surface area contributed by atoms with Gasteiger partial charge in [-0.3, -0.25) is 14.3 Å². The summed E-state index contributed by atoms with van der Waals surface area (Å²) < 4.78 is 2.52. The molecule has 5 nitrogen and oxygen atoms in total. The van der Waals surface area contributed by atoms with E-state index in [0.29, 0.717) is 12.6 Å². The standard InChI is InChI=1S/C19H22N4OS/c1-21-8-9-22(2)15(11-21)12-23-13-20-16-10-17(25-18(16)19(23)24)14-6-4-3-5-7-14/h3-7,10,13,15H,8-9,11-12H2,1-2H3/t15-/m1/s1. The Balaban J connectivity index is 1.67. The lowest BCUT2D eigenvalue weighted by Crippen LogP contribution is -2.52. The fraction of sp³-hybridized carbons (Fsp3) is 0.368. The molecule has 2 aromatic heterocycles. The van der Waals surface area contributed by atoms with Crippen LogP contribution in [0.2, 0.25) is 0 Å². The van der Waals surface area contributed by atoms with Crippen molar-refractivity contribution in [2.24, 2.45) is 0 Å². The topological polar surface area (TPSA) is 41.4 Å². The maximum absolute atomic E-state index is 12.9. The second-order valence-electron chi connectivity index (χ2n) is 6.79. The third-order valence-corrected chi connectivity index (χ3v) is 6.11. The van der Waals surface area contributed by atoms with E-state index in [9.17, 15) is 4.79 Å². The van der Waals surface area contributed by atoms with E-state index in [1.165, 1.54) is 11.3 Å². The summed E-state index contributed by atoms with van der Waals surface area (Å²) in [5.74, 6) is 0. The van der Waals surface area contributed by atoms with Crippen molar-refractivity contribution in [1.29, 1.82) is 0 Å². The molecule has 0 aliphatic carbocycles. The first-order valence-corrected chi connectivity index (χ1v) is 9.36. The van der Waals surface area contributed by atoms with Crippen molar-refractivity contribution in [3.05, 3.63) is 53.1 Å². The summed E-state index contributed by atoms with van der Waals surface area (Å²) >= 11 is 1.53. The zero-order chi connectivity index (χ0) is 17.4. The molecule has 0 N–H and O–H groups in total. The minimum absolute atomic E-state index is 0.0683. The Labute approximate surface area is 151 Å². The fourth-order valence-corrected chi connectivity index (χ4v) is 4.41. The summed E-state index contributed by atoms with van der Waals surface area (Å²) in [4.78, 5) is 23.2. The summed E-state index contributed by atoms with van der Waals surface area (Å²) in [6.45, 7) is 3.76. The third-order valence-electron chi connectivity index (χ3n) is 4.95. The van der Waals surface area contributed by atoms with E-state index in [2.05, 4.69) is 41.0 Å². The SMILES string of the molecule is CN1CCN(C)[C@@H](Cn2cnc3cc(-c4ccccc4)sc3c2=O)C1. The van der Waals surface area contributed by atoms with Gasteiger partial charge >= 0.3 is 0 Å². The molecule has 3 heterocycles. The molecule has 25 heavy (non-hydrogen) atoms. The van der Waals surface area contributed by atoms with Gasteiger partial charge in [-0.05, 0) is 25.7 Å². The van der Waals surface area contributed by atoms with Crippen LogP contribution in [0.25, 0.3) is 20.7 Å². The van der Waals surface area contributed by atoms with Gasteiger partial charge in [0.05, 0.1) is 11.8 Å². The molecule has 6 heteroatoms. The Kier molecular flexibility index (Phi) is 4.41. The van der Waals surface area contributed by atoms with Crippen molar-refractivity contribution in [1.82, 2.24) is 19.4 Å². The lowest BCUT2D eigenvalue weighted by molar-refractivity contribution is 0.102. The molecule has 1 fully saturated rings. The number of hydrogen-bond acceptors (Lipinski definition) is 5. The van der Waals surface area contributed by atoms with Gasteiger partial charge in [0.25, 0.3) is 5.56 Å². The van der Waals surface area contributed by atoms with Crippen molar-refractivity contribution in [3.63, 3.8) is 0 Å². The van der Waals surface area contributed by atoms with Gasteiger partial charge in [-0.1, -0.05) is 30.3 Å². The van der Waals surface area contributed by atoms with Crippen LogP contribution >= 0.6 is 11.3 Å². The largest absolute Gasteiger partial charge is 0.303 e. The number of fused-ring (bicyclic) bond motifs is 1. The minimum Gasteiger partial charge on any atom is -0.303 e. The normalized spacial score (nSPS) is 19.5. The molecule has 1 saturated heterocycles. The van der Waals surface area contributed by atoms with Gasteiger partial charge in [0, 0.05) is 37.1 Å². The van der Waals surface area contributed by atoms with Crippen LogP contribution in [0.15, 0.2) is 47.5 Å². The molecule has 0 unspecified atom stereocenters. The van der Waals surface area contributed by atoms with Crippen molar-refractivity contribution in [3.8, 4) is 10.4 Å². The number of rotatable bonds is 3. The smallest absolute Gasteiger partial charge is 0.271 e. The van der Waals surface area contributed by atoms with E-state index in [1.54, 1.807) is 10.9 Å². The fourth-order valence-electron chi connectivity index (χ4n) is 3.35. The lowest BCUT2D eigenvalue weighted by atomic mass is 10.2. The molecular formula is C19H22N4OS. The highest BCUT2D eigenvalue weighted by Crippen LogP contribution is 2.30. The summed E-state index contributed by atoms with van der Waals surface area (Å²) in [5.41, 5.74) is 1.99. The van der Waals surface area contributed by atoms with E-state index >= 15 is 0 Å². The third kappa shape index (κ3) is 3.25. The van der Waals surface area contributed by atoms with Gasteiger partial charge in [-0.25, -0.2) is 4.98 Å². The Bertz CT molecular complexity index is 933. The van der Waals surface area contributed by atoms with Crippen molar-refractivity contribution in [2.75, 3.05) is 33.7 Å². The molecule has 1 atom stereocenters. The average Bonchev–Trinajstić information content (AvgIpc) is 3.06. The first-order valence-electron chi connectivity index (χ1n) is 8.55. The average molecular weight is 354 g/mol. The first-order chi connectivity index (χ1) is 12.1. The van der Waals surface area contributed by atoms with E-state index in [1.807, 2.05) is 24.3 Å². The van der Waals surface area contributed by atoms with Gasteiger partial charge in [-0.15, -0.1) is 11.3 Å². The van der Waals surface area contributed by atoms with Crippen molar-refractivity contribution < 1.29 is 0 Å². The highest BCUT2D eigenvalue weighted by Gasteiger charge is 2.23. The van der Waals surface area contributed by atoms with Gasteiger partial charge in [0.2, 0.25) is 0 Å². The second kappa shape index (κ2) is 6.71. The highest BCUT2D eigenvalue weighted by atomic mass is 32.1. The number of nitrogens with zero attached hydrogens (tertiary/aromatic N) is 4. The maximum atomic E-state index is 12.9. The van der Waals surface area contributed by atoms with E-state index < -0.39 is 0 Å². The lowest BCUT2D eigenvalue weighted by Gasteiger charge is -2.37. The Morgan fingerprint density at radius 2 is 2.00 bits per heavy atom. The molecule has 1 aliphatic heterocycles. The Morgan fingerprint density at radius 1 is 1.20 bits per heavy atom. The van der Waals surface area contributed by atoms with Crippen LogP contribution in [0.1, 0.15) is 0 Å².